The number of aliphatic carboxylic acids is 1. The Balaban J connectivity index is 2.48. The van der Waals surface area contributed by atoms with Gasteiger partial charge in [0, 0.05) is 6.54 Å². The predicted molar refractivity (Wildman–Crippen MR) is 69.8 cm³/mol. The fraction of sp³-hybridized carbons (Fsp3) is 0.333. The first kappa shape index (κ1) is 15.4. The minimum Gasteiger partial charge on any atom is -0.481 e. The molecule has 0 aliphatic heterocycles. The van der Waals surface area contributed by atoms with Crippen LogP contribution >= 0.6 is 11.6 Å². The summed E-state index contributed by atoms with van der Waals surface area (Å²) in [7, 11) is 1.63. The first-order valence-corrected chi connectivity index (χ1v) is 5.91. The molecule has 5 nitrogen and oxygen atoms in total. The second-order valence-electron chi connectivity index (χ2n) is 4.05. The lowest BCUT2D eigenvalue weighted by Crippen LogP contribution is -2.31. The van der Waals surface area contributed by atoms with Crippen LogP contribution in [0.3, 0.4) is 0 Å². The van der Waals surface area contributed by atoms with Crippen LogP contribution in [0.25, 0.3) is 0 Å². The van der Waals surface area contributed by atoms with Crippen molar-refractivity contribution < 1.29 is 19.1 Å². The Bertz CT molecular complexity index is 482. The molecule has 0 fully saturated rings. The highest BCUT2D eigenvalue weighted by molar-refractivity contribution is 6.33. The fourth-order valence-electron chi connectivity index (χ4n) is 1.39. The van der Waals surface area contributed by atoms with E-state index in [0.717, 1.165) is 6.07 Å². The standard InChI is InChI=1S/C12H14ClFN2O3/c1-16(5-4-12(18)19)7-11(17)15-10-3-2-8(14)6-9(10)13/h2-3,6H,4-5,7H2,1H3,(H,15,17)(H,18,19). The van der Waals surface area contributed by atoms with Gasteiger partial charge in [-0.1, -0.05) is 11.6 Å². The number of carbonyl (C=O) groups is 2. The van der Waals surface area contributed by atoms with Crippen LogP contribution in [0, 0.1) is 5.82 Å². The average molecular weight is 289 g/mol. The summed E-state index contributed by atoms with van der Waals surface area (Å²) >= 11 is 5.77. The number of rotatable bonds is 6. The summed E-state index contributed by atoms with van der Waals surface area (Å²) in [6.07, 6.45) is -0.0406. The topological polar surface area (TPSA) is 69.6 Å². The normalized spacial score (nSPS) is 10.5. The Morgan fingerprint density at radius 3 is 2.74 bits per heavy atom. The maximum Gasteiger partial charge on any atom is 0.304 e. The molecule has 0 unspecified atom stereocenters. The maximum atomic E-state index is 12.8. The molecular weight excluding hydrogens is 275 g/mol. The van der Waals surface area contributed by atoms with Gasteiger partial charge >= 0.3 is 5.97 Å². The molecule has 0 bridgehead atoms. The first-order valence-electron chi connectivity index (χ1n) is 5.53. The van der Waals surface area contributed by atoms with Crippen molar-refractivity contribution in [2.24, 2.45) is 0 Å². The molecule has 0 heterocycles. The van der Waals surface area contributed by atoms with Crippen LogP contribution in [0.4, 0.5) is 10.1 Å². The van der Waals surface area contributed by atoms with E-state index in [9.17, 15) is 14.0 Å². The van der Waals surface area contributed by atoms with Gasteiger partial charge in [-0.15, -0.1) is 0 Å². The number of likely N-dealkylation sites (N-methyl/N-ethyl adjacent to an activating group) is 1. The van der Waals surface area contributed by atoms with Gasteiger partial charge < -0.3 is 10.4 Å². The lowest BCUT2D eigenvalue weighted by molar-refractivity contribution is -0.137. The summed E-state index contributed by atoms with van der Waals surface area (Å²) in [6.45, 7) is 0.293. The summed E-state index contributed by atoms with van der Waals surface area (Å²) in [6, 6.07) is 3.66. The maximum absolute atomic E-state index is 12.8. The van der Waals surface area contributed by atoms with E-state index in [1.54, 1.807) is 11.9 Å². The molecule has 0 atom stereocenters. The van der Waals surface area contributed by atoms with E-state index in [2.05, 4.69) is 5.32 Å². The Morgan fingerprint density at radius 1 is 1.47 bits per heavy atom. The second kappa shape index (κ2) is 7.06. The Labute approximate surface area is 115 Å². The quantitative estimate of drug-likeness (QED) is 0.838. The minimum absolute atomic E-state index is 0.0288. The van der Waals surface area contributed by atoms with Gasteiger partial charge in [0.2, 0.25) is 5.91 Å². The van der Waals surface area contributed by atoms with E-state index in [-0.39, 0.29) is 30.4 Å². The molecule has 19 heavy (non-hydrogen) atoms. The number of carboxylic acid groups (broad SMARTS) is 1. The van der Waals surface area contributed by atoms with Crippen molar-refractivity contribution in [3.8, 4) is 0 Å². The van der Waals surface area contributed by atoms with Crippen molar-refractivity contribution in [2.75, 3.05) is 25.5 Å². The highest BCUT2D eigenvalue weighted by Gasteiger charge is 2.10. The van der Waals surface area contributed by atoms with Crippen molar-refractivity contribution in [1.29, 1.82) is 0 Å². The van der Waals surface area contributed by atoms with Crippen LogP contribution in [-0.4, -0.2) is 42.0 Å². The number of anilines is 1. The van der Waals surface area contributed by atoms with Crippen molar-refractivity contribution >= 4 is 29.2 Å². The summed E-state index contributed by atoms with van der Waals surface area (Å²) in [5.41, 5.74) is 0.319. The molecule has 1 rings (SSSR count). The number of benzene rings is 1. The van der Waals surface area contributed by atoms with Crippen molar-refractivity contribution in [3.05, 3.63) is 29.0 Å². The number of nitrogens with zero attached hydrogens (tertiary/aromatic N) is 1. The third kappa shape index (κ3) is 5.67. The largest absolute Gasteiger partial charge is 0.481 e. The minimum atomic E-state index is -0.922. The molecular formula is C12H14ClFN2O3. The number of halogens is 2. The van der Waals surface area contributed by atoms with Crippen molar-refractivity contribution in [2.45, 2.75) is 6.42 Å². The third-order valence-corrected chi connectivity index (χ3v) is 2.64. The molecule has 0 saturated carbocycles. The second-order valence-corrected chi connectivity index (χ2v) is 4.46. The van der Waals surface area contributed by atoms with E-state index in [1.165, 1.54) is 12.1 Å². The molecule has 0 saturated heterocycles. The fourth-order valence-corrected chi connectivity index (χ4v) is 1.61. The summed E-state index contributed by atoms with van der Waals surface area (Å²) in [4.78, 5) is 23.6. The number of carboxylic acids is 1. The van der Waals surface area contributed by atoms with Gasteiger partial charge in [-0.25, -0.2) is 4.39 Å². The van der Waals surface area contributed by atoms with Crippen molar-refractivity contribution in [3.63, 3.8) is 0 Å². The monoisotopic (exact) mass is 288 g/mol. The van der Waals surface area contributed by atoms with Gasteiger partial charge in [-0.3, -0.25) is 14.5 Å². The molecule has 0 radical (unpaired) electrons. The van der Waals surface area contributed by atoms with Gasteiger partial charge in [0.1, 0.15) is 5.82 Å². The zero-order valence-electron chi connectivity index (χ0n) is 10.3. The molecule has 1 aromatic carbocycles. The molecule has 0 aliphatic rings. The number of amides is 1. The molecule has 104 valence electrons. The molecule has 1 aromatic rings. The van der Waals surface area contributed by atoms with Crippen LogP contribution in [0.1, 0.15) is 6.42 Å². The van der Waals surface area contributed by atoms with E-state index >= 15 is 0 Å². The third-order valence-electron chi connectivity index (χ3n) is 2.33. The molecule has 7 heteroatoms. The molecule has 2 N–H and O–H groups in total. The van der Waals surface area contributed by atoms with Crippen LogP contribution < -0.4 is 5.32 Å². The zero-order valence-corrected chi connectivity index (χ0v) is 11.1. The van der Waals surface area contributed by atoms with Crippen LogP contribution in [-0.2, 0) is 9.59 Å². The molecule has 0 aliphatic carbocycles. The predicted octanol–water partition coefficient (Wildman–Crippen LogP) is 1.82. The van der Waals surface area contributed by atoms with E-state index < -0.39 is 11.8 Å². The smallest absolute Gasteiger partial charge is 0.304 e. The number of carbonyl (C=O) groups excluding carboxylic acids is 1. The number of nitrogens with one attached hydrogen (secondary N) is 1. The van der Waals surface area contributed by atoms with Crippen LogP contribution in [0.2, 0.25) is 5.02 Å². The van der Waals surface area contributed by atoms with Gasteiger partial charge in [0.05, 0.1) is 23.7 Å². The van der Waals surface area contributed by atoms with E-state index in [0.29, 0.717) is 5.69 Å². The van der Waals surface area contributed by atoms with E-state index in [4.69, 9.17) is 16.7 Å². The Morgan fingerprint density at radius 2 is 2.16 bits per heavy atom. The molecule has 0 aromatic heterocycles. The van der Waals surface area contributed by atoms with Crippen molar-refractivity contribution in [1.82, 2.24) is 4.90 Å². The highest BCUT2D eigenvalue weighted by Crippen LogP contribution is 2.22. The Kier molecular flexibility index (Phi) is 5.72. The summed E-state index contributed by atoms with van der Waals surface area (Å²) in [5, 5.41) is 11.2. The highest BCUT2D eigenvalue weighted by atomic mass is 35.5. The first-order chi connectivity index (χ1) is 8.88. The Hall–Kier alpha value is -1.66. The summed E-state index contributed by atoms with van der Waals surface area (Å²) in [5.74, 6) is -1.75. The van der Waals surface area contributed by atoms with Crippen LogP contribution in [0.5, 0.6) is 0 Å². The lowest BCUT2D eigenvalue weighted by Gasteiger charge is -2.15. The lowest BCUT2D eigenvalue weighted by atomic mass is 10.3. The zero-order chi connectivity index (χ0) is 14.4. The van der Waals surface area contributed by atoms with Gasteiger partial charge in [-0.05, 0) is 25.2 Å². The molecule has 0 spiro atoms. The van der Waals surface area contributed by atoms with Crippen LogP contribution in [0.15, 0.2) is 18.2 Å². The number of hydrogen-bond donors (Lipinski definition) is 2. The SMILES string of the molecule is CN(CCC(=O)O)CC(=O)Nc1ccc(F)cc1Cl. The number of hydrogen-bond acceptors (Lipinski definition) is 3. The van der Waals surface area contributed by atoms with Gasteiger partial charge in [0.15, 0.2) is 0 Å². The average Bonchev–Trinajstić information content (AvgIpc) is 2.30. The van der Waals surface area contributed by atoms with Gasteiger partial charge in [0.25, 0.3) is 0 Å². The molecule has 1 amide bonds. The van der Waals surface area contributed by atoms with Gasteiger partial charge in [-0.2, -0.15) is 0 Å². The van der Waals surface area contributed by atoms with E-state index in [1.807, 2.05) is 0 Å². The summed E-state index contributed by atoms with van der Waals surface area (Å²) < 4.78 is 12.8.